The SMILES string of the molecule is COc1ccc([C@@H]2[C@H]3CCC/C(=C\c4ccco4)C3=NN2c2ccccc2)cc1. The van der Waals surface area contributed by atoms with E-state index in [4.69, 9.17) is 14.3 Å². The third-order valence-corrected chi connectivity index (χ3v) is 5.84. The van der Waals surface area contributed by atoms with Gasteiger partial charge in [-0.3, -0.25) is 5.01 Å². The van der Waals surface area contributed by atoms with Gasteiger partial charge in [0.05, 0.1) is 30.8 Å². The monoisotopic (exact) mass is 384 g/mol. The van der Waals surface area contributed by atoms with Crippen molar-refractivity contribution in [2.24, 2.45) is 11.0 Å². The maximum atomic E-state index is 5.57. The molecule has 3 aromatic rings. The van der Waals surface area contributed by atoms with Crippen LogP contribution in [0.2, 0.25) is 0 Å². The van der Waals surface area contributed by atoms with Crippen LogP contribution < -0.4 is 9.75 Å². The number of nitrogens with zero attached hydrogens (tertiary/aromatic N) is 2. The van der Waals surface area contributed by atoms with Crippen LogP contribution in [0.15, 0.2) is 88.1 Å². The van der Waals surface area contributed by atoms with Crippen LogP contribution in [0.1, 0.15) is 36.6 Å². The number of methoxy groups -OCH3 is 1. The smallest absolute Gasteiger partial charge is 0.126 e. The van der Waals surface area contributed by atoms with Crippen molar-refractivity contribution >= 4 is 17.5 Å². The lowest BCUT2D eigenvalue weighted by atomic mass is 9.77. The summed E-state index contributed by atoms with van der Waals surface area (Å²) >= 11 is 0. The molecular weight excluding hydrogens is 360 g/mol. The Morgan fingerprint density at radius 2 is 1.86 bits per heavy atom. The molecule has 0 saturated heterocycles. The fraction of sp³-hybridized carbons (Fsp3) is 0.240. The number of furan rings is 1. The lowest BCUT2D eigenvalue weighted by molar-refractivity contribution is 0.414. The van der Waals surface area contributed by atoms with Gasteiger partial charge >= 0.3 is 0 Å². The summed E-state index contributed by atoms with van der Waals surface area (Å²) in [6.07, 6.45) is 7.21. The number of anilines is 1. The minimum absolute atomic E-state index is 0.179. The van der Waals surface area contributed by atoms with E-state index in [9.17, 15) is 0 Å². The summed E-state index contributed by atoms with van der Waals surface area (Å²) in [7, 11) is 1.70. The summed E-state index contributed by atoms with van der Waals surface area (Å²) < 4.78 is 10.9. The van der Waals surface area contributed by atoms with Crippen LogP contribution in [-0.4, -0.2) is 12.8 Å². The summed E-state index contributed by atoms with van der Waals surface area (Å²) in [4.78, 5) is 0. The largest absolute Gasteiger partial charge is 0.497 e. The number of benzene rings is 2. The molecule has 0 bridgehead atoms. The molecule has 29 heavy (non-hydrogen) atoms. The normalized spacial score (nSPS) is 22.4. The second-order valence-corrected chi connectivity index (χ2v) is 7.57. The van der Waals surface area contributed by atoms with Gasteiger partial charge in [-0.15, -0.1) is 0 Å². The molecule has 146 valence electrons. The Hall–Kier alpha value is -3.27. The Morgan fingerprint density at radius 1 is 1.03 bits per heavy atom. The van der Waals surface area contributed by atoms with Crippen molar-refractivity contribution < 1.29 is 9.15 Å². The van der Waals surface area contributed by atoms with Crippen molar-refractivity contribution in [2.75, 3.05) is 12.1 Å². The summed E-state index contributed by atoms with van der Waals surface area (Å²) in [5.41, 5.74) is 4.86. The molecule has 2 aromatic carbocycles. The lowest BCUT2D eigenvalue weighted by Crippen LogP contribution is -2.28. The van der Waals surface area contributed by atoms with Gasteiger partial charge in [0.1, 0.15) is 11.5 Å². The first-order valence-electron chi connectivity index (χ1n) is 10.1. The van der Waals surface area contributed by atoms with Crippen LogP contribution in [0.3, 0.4) is 0 Å². The zero-order chi connectivity index (χ0) is 19.6. The Labute approximate surface area is 171 Å². The maximum absolute atomic E-state index is 5.57. The zero-order valence-corrected chi connectivity index (χ0v) is 16.5. The summed E-state index contributed by atoms with van der Waals surface area (Å²) in [6, 6.07) is 23.0. The molecule has 2 aliphatic rings. The molecule has 4 nitrogen and oxygen atoms in total. The van der Waals surface area contributed by atoms with E-state index in [0.29, 0.717) is 5.92 Å². The van der Waals surface area contributed by atoms with Crippen LogP contribution in [0.25, 0.3) is 6.08 Å². The number of allylic oxidation sites excluding steroid dienone is 1. The second-order valence-electron chi connectivity index (χ2n) is 7.57. The first kappa shape index (κ1) is 17.8. The standard InChI is InChI=1S/C25H24N2O2/c1-28-21-14-12-18(13-15-21)25-23-11-5-7-19(17-22-10-6-16-29-22)24(23)26-27(25)20-8-3-2-4-9-20/h2-4,6,8-10,12-17,23,25H,5,7,11H2,1H3/b19-17+/t23-,25+/m0/s1. The highest BCUT2D eigenvalue weighted by Gasteiger charge is 2.41. The van der Waals surface area contributed by atoms with Gasteiger partial charge < -0.3 is 9.15 Å². The fourth-order valence-corrected chi connectivity index (χ4v) is 4.47. The minimum Gasteiger partial charge on any atom is -0.497 e. The number of hydrogen-bond acceptors (Lipinski definition) is 4. The molecular formula is C25H24N2O2. The number of hydrogen-bond donors (Lipinski definition) is 0. The van der Waals surface area contributed by atoms with E-state index in [1.165, 1.54) is 16.8 Å². The van der Waals surface area contributed by atoms with Gasteiger partial charge in [-0.25, -0.2) is 0 Å². The van der Waals surface area contributed by atoms with Crippen molar-refractivity contribution in [3.05, 3.63) is 89.9 Å². The number of para-hydroxylation sites is 1. The van der Waals surface area contributed by atoms with E-state index in [0.717, 1.165) is 36.5 Å². The highest BCUT2D eigenvalue weighted by molar-refractivity contribution is 6.08. The number of ether oxygens (including phenoxy) is 1. The van der Waals surface area contributed by atoms with Crippen LogP contribution >= 0.6 is 0 Å². The third-order valence-electron chi connectivity index (χ3n) is 5.84. The Kier molecular flexibility index (Phi) is 4.68. The first-order chi connectivity index (χ1) is 14.3. The van der Waals surface area contributed by atoms with E-state index in [2.05, 4.69) is 47.5 Å². The van der Waals surface area contributed by atoms with Gasteiger partial charge in [-0.05, 0) is 72.9 Å². The van der Waals surface area contributed by atoms with Gasteiger partial charge in [0.2, 0.25) is 0 Å². The molecule has 0 radical (unpaired) electrons. The predicted molar refractivity (Wildman–Crippen MR) is 116 cm³/mol. The number of fused-ring (bicyclic) bond motifs is 1. The Balaban J connectivity index is 1.58. The molecule has 1 saturated carbocycles. The van der Waals surface area contributed by atoms with Gasteiger partial charge in [-0.1, -0.05) is 30.3 Å². The van der Waals surface area contributed by atoms with Gasteiger partial charge in [-0.2, -0.15) is 5.10 Å². The van der Waals surface area contributed by atoms with Crippen molar-refractivity contribution in [1.82, 2.24) is 0 Å². The average molecular weight is 384 g/mol. The van der Waals surface area contributed by atoms with Crippen LogP contribution in [-0.2, 0) is 0 Å². The Bertz CT molecular complexity index is 1020. The van der Waals surface area contributed by atoms with Crippen molar-refractivity contribution in [3.8, 4) is 5.75 Å². The molecule has 1 aromatic heterocycles. The number of rotatable bonds is 4. The molecule has 4 heteroatoms. The topological polar surface area (TPSA) is 38.0 Å². The molecule has 0 spiro atoms. The third kappa shape index (κ3) is 3.35. The molecule has 1 aliphatic carbocycles. The highest BCUT2D eigenvalue weighted by atomic mass is 16.5. The minimum atomic E-state index is 0.179. The van der Waals surface area contributed by atoms with Crippen LogP contribution in [0, 0.1) is 5.92 Å². The van der Waals surface area contributed by atoms with Crippen molar-refractivity contribution in [2.45, 2.75) is 25.3 Å². The van der Waals surface area contributed by atoms with E-state index in [1.807, 2.05) is 30.3 Å². The summed E-state index contributed by atoms with van der Waals surface area (Å²) in [6.45, 7) is 0. The quantitative estimate of drug-likeness (QED) is 0.546. The molecule has 0 unspecified atom stereocenters. The lowest BCUT2D eigenvalue weighted by Gasteiger charge is -2.30. The van der Waals surface area contributed by atoms with Crippen LogP contribution in [0.5, 0.6) is 5.75 Å². The van der Waals surface area contributed by atoms with Gasteiger partial charge in [0.25, 0.3) is 0 Å². The average Bonchev–Trinajstić information content (AvgIpc) is 3.43. The first-order valence-corrected chi connectivity index (χ1v) is 10.1. The molecule has 1 aliphatic heterocycles. The molecule has 0 N–H and O–H groups in total. The molecule has 1 fully saturated rings. The molecule has 2 heterocycles. The van der Waals surface area contributed by atoms with Crippen LogP contribution in [0.4, 0.5) is 5.69 Å². The summed E-state index contributed by atoms with van der Waals surface area (Å²) in [5, 5.41) is 7.35. The van der Waals surface area contributed by atoms with Crippen molar-refractivity contribution in [3.63, 3.8) is 0 Å². The summed E-state index contributed by atoms with van der Waals surface area (Å²) in [5.74, 6) is 2.13. The van der Waals surface area contributed by atoms with Crippen molar-refractivity contribution in [1.29, 1.82) is 0 Å². The molecule has 5 rings (SSSR count). The van der Waals surface area contributed by atoms with E-state index in [-0.39, 0.29) is 6.04 Å². The number of hydrazone groups is 1. The van der Waals surface area contributed by atoms with Gasteiger partial charge in [0.15, 0.2) is 0 Å². The van der Waals surface area contributed by atoms with E-state index in [1.54, 1.807) is 13.4 Å². The highest BCUT2D eigenvalue weighted by Crippen LogP contribution is 2.46. The second kappa shape index (κ2) is 7.63. The van der Waals surface area contributed by atoms with E-state index >= 15 is 0 Å². The predicted octanol–water partition coefficient (Wildman–Crippen LogP) is 6.09. The molecule has 2 atom stereocenters. The fourth-order valence-electron chi connectivity index (χ4n) is 4.47. The zero-order valence-electron chi connectivity index (χ0n) is 16.5. The van der Waals surface area contributed by atoms with E-state index < -0.39 is 0 Å². The maximum Gasteiger partial charge on any atom is 0.126 e. The Morgan fingerprint density at radius 3 is 2.59 bits per heavy atom. The molecule has 0 amide bonds. The van der Waals surface area contributed by atoms with Gasteiger partial charge in [0, 0.05) is 5.92 Å².